The number of benzene rings is 8. The van der Waals surface area contributed by atoms with Crippen molar-refractivity contribution < 1.29 is 4.42 Å². The molecular weight excluding hydrogens is 711 g/mol. The highest BCUT2D eigenvalue weighted by Gasteiger charge is 2.23. The second-order valence-corrected chi connectivity index (χ2v) is 14.6. The molecule has 0 unspecified atom stereocenters. The van der Waals surface area contributed by atoms with E-state index in [4.69, 9.17) is 19.4 Å². The van der Waals surface area contributed by atoms with Gasteiger partial charge in [0.25, 0.3) is 0 Å². The third-order valence-electron chi connectivity index (χ3n) is 11.3. The lowest BCUT2D eigenvalue weighted by molar-refractivity contribution is 0.668. The zero-order valence-electron chi connectivity index (χ0n) is 31.0. The molecule has 58 heavy (non-hydrogen) atoms. The minimum Gasteiger partial charge on any atom is -0.454 e. The minimum absolute atomic E-state index is 0.512. The second kappa shape index (κ2) is 12.8. The van der Waals surface area contributed by atoms with Crippen molar-refractivity contribution in [2.24, 2.45) is 0 Å². The minimum atomic E-state index is 0.512. The fourth-order valence-corrected chi connectivity index (χ4v) is 8.70. The number of hydrogen-bond donors (Lipinski definition) is 0. The highest BCUT2D eigenvalue weighted by Crippen LogP contribution is 2.41. The van der Waals surface area contributed by atoms with E-state index in [2.05, 4.69) is 155 Å². The highest BCUT2D eigenvalue weighted by atomic mass is 16.3. The molecule has 0 amide bonds. The molecule has 12 rings (SSSR count). The Bertz CT molecular complexity index is 3590. The lowest BCUT2D eigenvalue weighted by Gasteiger charge is -2.14. The summed E-state index contributed by atoms with van der Waals surface area (Å²) in [6.45, 7) is 0. The fraction of sp³-hybridized carbons (Fsp3) is 0. The van der Waals surface area contributed by atoms with E-state index < -0.39 is 0 Å². The van der Waals surface area contributed by atoms with Crippen LogP contribution in [0.5, 0.6) is 0 Å². The van der Waals surface area contributed by atoms with Crippen LogP contribution in [-0.4, -0.2) is 24.5 Å². The van der Waals surface area contributed by atoms with Crippen LogP contribution in [0.1, 0.15) is 0 Å². The molecule has 0 bridgehead atoms. The van der Waals surface area contributed by atoms with Gasteiger partial charge in [-0.25, -0.2) is 4.98 Å². The molecule has 12 aromatic rings. The summed E-state index contributed by atoms with van der Waals surface area (Å²) in [6.07, 6.45) is 1.79. The topological polar surface area (TPSA) is 69.6 Å². The zero-order chi connectivity index (χ0) is 38.2. The highest BCUT2D eigenvalue weighted by molar-refractivity contribution is 6.16. The van der Waals surface area contributed by atoms with Crippen molar-refractivity contribution in [3.05, 3.63) is 188 Å². The summed E-state index contributed by atoms with van der Waals surface area (Å²) in [5, 5.41) is 7.76. The van der Waals surface area contributed by atoms with Crippen molar-refractivity contribution in [1.29, 1.82) is 0 Å². The Hall–Kier alpha value is -7.96. The largest absolute Gasteiger partial charge is 0.454 e. The summed E-state index contributed by atoms with van der Waals surface area (Å²) in [6, 6.07) is 63.5. The first kappa shape index (κ1) is 32.3. The Balaban J connectivity index is 1.15. The van der Waals surface area contributed by atoms with Crippen molar-refractivity contribution >= 4 is 65.4 Å². The SMILES string of the molecule is c1ccc(-c2ccc(-c3nc(-c4cccc5c4oc4cccnc45)nc(-n4c5ccccc5c5c(-c6ccc7ccccc7c6)cccc54)n3)c3ccccc23)cc1. The number of aromatic nitrogens is 5. The van der Waals surface area contributed by atoms with E-state index in [-0.39, 0.29) is 0 Å². The van der Waals surface area contributed by atoms with E-state index in [1.165, 1.54) is 10.8 Å². The molecule has 8 aromatic carbocycles. The van der Waals surface area contributed by atoms with Gasteiger partial charge < -0.3 is 4.42 Å². The fourth-order valence-electron chi connectivity index (χ4n) is 8.70. The first-order chi connectivity index (χ1) is 28.8. The Labute approximate surface area is 332 Å². The third-order valence-corrected chi connectivity index (χ3v) is 11.3. The Morgan fingerprint density at radius 2 is 1.09 bits per heavy atom. The first-order valence-electron chi connectivity index (χ1n) is 19.4. The van der Waals surface area contributed by atoms with E-state index in [1.807, 2.05) is 36.4 Å². The molecule has 0 saturated heterocycles. The summed E-state index contributed by atoms with van der Waals surface area (Å²) < 4.78 is 8.70. The first-order valence-corrected chi connectivity index (χ1v) is 19.4. The molecule has 0 fully saturated rings. The van der Waals surface area contributed by atoms with Crippen LogP contribution in [-0.2, 0) is 0 Å². The van der Waals surface area contributed by atoms with E-state index in [0.717, 1.165) is 76.9 Å². The lowest BCUT2D eigenvalue weighted by Crippen LogP contribution is -2.06. The van der Waals surface area contributed by atoms with Gasteiger partial charge in [0.1, 0.15) is 11.1 Å². The van der Waals surface area contributed by atoms with Gasteiger partial charge in [0.05, 0.1) is 16.6 Å². The van der Waals surface area contributed by atoms with Crippen molar-refractivity contribution in [3.8, 4) is 51.0 Å². The van der Waals surface area contributed by atoms with Crippen molar-refractivity contribution in [2.75, 3.05) is 0 Å². The molecule has 4 aromatic heterocycles. The van der Waals surface area contributed by atoms with Crippen LogP contribution >= 0.6 is 0 Å². The standard InChI is InChI=1S/C52H31N5O/c1-2-14-33(15-3-1)36-28-29-40(39-18-7-6-17-38(36)39)50-54-51(43-22-10-21-42-48-46(58-49(42)43)25-12-30-53-48)56-52(55-50)57-44-23-9-8-19-41(44)47-37(20-11-24-45(47)57)35-27-26-32-13-4-5-16-34(32)31-35/h1-31H. The number of fused-ring (bicyclic) bond motifs is 8. The van der Waals surface area contributed by atoms with Crippen LogP contribution in [0.3, 0.4) is 0 Å². The number of nitrogens with zero attached hydrogens (tertiary/aromatic N) is 5. The molecule has 270 valence electrons. The summed E-state index contributed by atoms with van der Waals surface area (Å²) in [4.78, 5) is 20.7. The molecule has 0 atom stereocenters. The average molecular weight is 742 g/mol. The second-order valence-electron chi connectivity index (χ2n) is 14.6. The summed E-state index contributed by atoms with van der Waals surface area (Å²) in [5.41, 5.74) is 10.5. The number of furan rings is 1. The predicted octanol–water partition coefficient (Wildman–Crippen LogP) is 13.2. The van der Waals surface area contributed by atoms with Gasteiger partial charge in [-0.15, -0.1) is 0 Å². The molecule has 0 aliphatic heterocycles. The van der Waals surface area contributed by atoms with Gasteiger partial charge in [0.15, 0.2) is 17.2 Å². The van der Waals surface area contributed by atoms with Gasteiger partial charge in [-0.3, -0.25) is 9.55 Å². The van der Waals surface area contributed by atoms with Crippen molar-refractivity contribution in [3.63, 3.8) is 0 Å². The maximum absolute atomic E-state index is 6.52. The van der Waals surface area contributed by atoms with Crippen LogP contribution in [0, 0.1) is 0 Å². The van der Waals surface area contributed by atoms with Gasteiger partial charge in [0.2, 0.25) is 5.95 Å². The molecule has 4 heterocycles. The molecule has 6 heteroatoms. The molecule has 0 saturated carbocycles. The smallest absolute Gasteiger partial charge is 0.238 e. The number of rotatable bonds is 5. The number of para-hydroxylation sites is 2. The van der Waals surface area contributed by atoms with E-state index >= 15 is 0 Å². The van der Waals surface area contributed by atoms with Crippen molar-refractivity contribution in [1.82, 2.24) is 24.5 Å². The summed E-state index contributed by atoms with van der Waals surface area (Å²) in [5.74, 6) is 1.60. The van der Waals surface area contributed by atoms with Crippen LogP contribution in [0.25, 0.3) is 116 Å². The van der Waals surface area contributed by atoms with E-state index in [0.29, 0.717) is 28.8 Å². The zero-order valence-corrected chi connectivity index (χ0v) is 31.0. The molecule has 0 aliphatic rings. The maximum Gasteiger partial charge on any atom is 0.238 e. The Morgan fingerprint density at radius 3 is 1.97 bits per heavy atom. The van der Waals surface area contributed by atoms with Gasteiger partial charge in [-0.05, 0) is 92.3 Å². The Kier molecular flexibility index (Phi) is 7.13. The van der Waals surface area contributed by atoms with Gasteiger partial charge >= 0.3 is 0 Å². The molecule has 0 radical (unpaired) electrons. The summed E-state index contributed by atoms with van der Waals surface area (Å²) >= 11 is 0. The number of pyridine rings is 1. The van der Waals surface area contributed by atoms with Crippen LogP contribution in [0.2, 0.25) is 0 Å². The monoisotopic (exact) mass is 741 g/mol. The maximum atomic E-state index is 6.52. The van der Waals surface area contributed by atoms with E-state index in [1.54, 1.807) is 6.20 Å². The van der Waals surface area contributed by atoms with Crippen molar-refractivity contribution in [2.45, 2.75) is 0 Å². The molecule has 0 N–H and O–H groups in total. The molecule has 0 aliphatic carbocycles. The van der Waals surface area contributed by atoms with Crippen LogP contribution < -0.4 is 0 Å². The van der Waals surface area contributed by atoms with Gasteiger partial charge in [0, 0.05) is 27.9 Å². The third kappa shape index (κ3) is 4.98. The molecular formula is C52H31N5O. The van der Waals surface area contributed by atoms with Crippen LogP contribution in [0.4, 0.5) is 0 Å². The molecule has 6 nitrogen and oxygen atoms in total. The lowest BCUT2D eigenvalue weighted by atomic mass is 9.95. The van der Waals surface area contributed by atoms with Gasteiger partial charge in [-0.1, -0.05) is 133 Å². The van der Waals surface area contributed by atoms with Gasteiger partial charge in [-0.2, -0.15) is 9.97 Å². The summed E-state index contributed by atoms with van der Waals surface area (Å²) in [7, 11) is 0. The molecule has 0 spiro atoms. The van der Waals surface area contributed by atoms with Crippen LogP contribution in [0.15, 0.2) is 193 Å². The van der Waals surface area contributed by atoms with E-state index in [9.17, 15) is 0 Å². The number of hydrogen-bond acceptors (Lipinski definition) is 5. The normalized spacial score (nSPS) is 11.8. The average Bonchev–Trinajstić information content (AvgIpc) is 3.85. The predicted molar refractivity (Wildman–Crippen MR) is 236 cm³/mol. The quantitative estimate of drug-likeness (QED) is 0.176. The Morgan fingerprint density at radius 1 is 0.414 bits per heavy atom.